The highest BCUT2D eigenvalue weighted by Crippen LogP contribution is 2.21. The number of aromatic amines is 1. The standard InChI is InChI=1S/C12H10N2O2/c1-2-9-14-10-11(16-9)7-5-3-4-6-8(7)13-12(10)15/h3-6H,2H2,1H3,(H,13,15). The van der Waals surface area contributed by atoms with Crippen LogP contribution in [0.15, 0.2) is 33.5 Å². The summed E-state index contributed by atoms with van der Waals surface area (Å²) in [6, 6.07) is 7.55. The summed E-state index contributed by atoms with van der Waals surface area (Å²) in [5, 5.41) is 0.893. The van der Waals surface area contributed by atoms with E-state index in [1.807, 2.05) is 31.2 Å². The molecule has 0 saturated carbocycles. The molecule has 3 aromatic rings. The highest BCUT2D eigenvalue weighted by atomic mass is 16.3. The lowest BCUT2D eigenvalue weighted by molar-refractivity contribution is 0.540. The Morgan fingerprint density at radius 3 is 3.00 bits per heavy atom. The molecule has 1 aromatic carbocycles. The van der Waals surface area contributed by atoms with Gasteiger partial charge < -0.3 is 9.40 Å². The predicted octanol–water partition coefficient (Wildman–Crippen LogP) is 2.23. The third-order valence-corrected chi connectivity index (χ3v) is 2.61. The number of pyridine rings is 1. The van der Waals surface area contributed by atoms with E-state index in [1.54, 1.807) is 0 Å². The Hall–Kier alpha value is -2.10. The maximum atomic E-state index is 11.7. The van der Waals surface area contributed by atoms with Crippen molar-refractivity contribution in [3.8, 4) is 0 Å². The van der Waals surface area contributed by atoms with E-state index in [0.29, 0.717) is 23.4 Å². The quantitative estimate of drug-likeness (QED) is 0.675. The molecule has 80 valence electrons. The van der Waals surface area contributed by atoms with Crippen LogP contribution in [0.4, 0.5) is 0 Å². The highest BCUT2D eigenvalue weighted by molar-refractivity contribution is 6.00. The van der Waals surface area contributed by atoms with Gasteiger partial charge in [-0.2, -0.15) is 0 Å². The molecule has 0 fully saturated rings. The zero-order valence-electron chi connectivity index (χ0n) is 8.78. The van der Waals surface area contributed by atoms with Crippen LogP contribution in [0.1, 0.15) is 12.8 Å². The molecular weight excluding hydrogens is 204 g/mol. The normalized spacial score (nSPS) is 11.3. The van der Waals surface area contributed by atoms with E-state index < -0.39 is 0 Å². The van der Waals surface area contributed by atoms with Gasteiger partial charge in [0.25, 0.3) is 5.56 Å². The van der Waals surface area contributed by atoms with Gasteiger partial charge >= 0.3 is 0 Å². The molecule has 4 heteroatoms. The first kappa shape index (κ1) is 9.15. The van der Waals surface area contributed by atoms with Crippen LogP contribution in [0.25, 0.3) is 22.0 Å². The van der Waals surface area contributed by atoms with Gasteiger partial charge in [-0.25, -0.2) is 4.98 Å². The van der Waals surface area contributed by atoms with Crippen LogP contribution in [-0.4, -0.2) is 9.97 Å². The van der Waals surface area contributed by atoms with Gasteiger partial charge in [0.1, 0.15) is 0 Å². The fourth-order valence-electron chi connectivity index (χ4n) is 1.82. The number of fused-ring (bicyclic) bond motifs is 3. The molecule has 0 unspecified atom stereocenters. The van der Waals surface area contributed by atoms with Crippen molar-refractivity contribution in [2.45, 2.75) is 13.3 Å². The first-order valence-electron chi connectivity index (χ1n) is 5.20. The largest absolute Gasteiger partial charge is 0.440 e. The van der Waals surface area contributed by atoms with Crippen molar-refractivity contribution in [3.63, 3.8) is 0 Å². The minimum Gasteiger partial charge on any atom is -0.440 e. The van der Waals surface area contributed by atoms with Crippen molar-refractivity contribution in [2.24, 2.45) is 0 Å². The second-order valence-electron chi connectivity index (χ2n) is 3.64. The van der Waals surface area contributed by atoms with Gasteiger partial charge in [0, 0.05) is 11.8 Å². The Morgan fingerprint density at radius 2 is 2.19 bits per heavy atom. The molecule has 0 spiro atoms. The van der Waals surface area contributed by atoms with E-state index in [4.69, 9.17) is 4.42 Å². The van der Waals surface area contributed by atoms with Crippen LogP contribution in [0.2, 0.25) is 0 Å². The maximum Gasteiger partial charge on any atom is 0.278 e. The predicted molar refractivity (Wildman–Crippen MR) is 61.5 cm³/mol. The van der Waals surface area contributed by atoms with Gasteiger partial charge in [0.05, 0.1) is 5.52 Å². The Labute approximate surface area is 90.9 Å². The number of aromatic nitrogens is 2. The maximum absolute atomic E-state index is 11.7. The van der Waals surface area contributed by atoms with Crippen LogP contribution in [-0.2, 0) is 6.42 Å². The number of oxazole rings is 1. The lowest BCUT2D eigenvalue weighted by Gasteiger charge is -1.95. The number of benzene rings is 1. The van der Waals surface area contributed by atoms with Crippen LogP contribution in [0, 0.1) is 0 Å². The zero-order valence-corrected chi connectivity index (χ0v) is 8.78. The molecule has 0 aliphatic rings. The summed E-state index contributed by atoms with van der Waals surface area (Å²) in [5.74, 6) is 0.594. The monoisotopic (exact) mass is 214 g/mol. The zero-order chi connectivity index (χ0) is 11.1. The number of hydrogen-bond acceptors (Lipinski definition) is 3. The van der Waals surface area contributed by atoms with E-state index >= 15 is 0 Å². The topological polar surface area (TPSA) is 58.9 Å². The molecular formula is C12H10N2O2. The van der Waals surface area contributed by atoms with Crippen molar-refractivity contribution in [1.29, 1.82) is 0 Å². The van der Waals surface area contributed by atoms with Gasteiger partial charge in [-0.3, -0.25) is 4.79 Å². The summed E-state index contributed by atoms with van der Waals surface area (Å²) in [5.41, 5.74) is 1.54. The van der Waals surface area contributed by atoms with Crippen LogP contribution in [0.5, 0.6) is 0 Å². The number of rotatable bonds is 1. The molecule has 0 amide bonds. The summed E-state index contributed by atoms with van der Waals surface area (Å²) in [6.45, 7) is 1.95. The molecule has 4 nitrogen and oxygen atoms in total. The average Bonchev–Trinajstić information content (AvgIpc) is 2.74. The van der Waals surface area contributed by atoms with Gasteiger partial charge in [-0.05, 0) is 12.1 Å². The molecule has 0 saturated heterocycles. The number of para-hydroxylation sites is 1. The number of aryl methyl sites for hydroxylation is 1. The highest BCUT2D eigenvalue weighted by Gasteiger charge is 2.11. The number of H-pyrrole nitrogens is 1. The van der Waals surface area contributed by atoms with Crippen LogP contribution in [0.3, 0.4) is 0 Å². The summed E-state index contributed by atoms with van der Waals surface area (Å²) >= 11 is 0. The summed E-state index contributed by atoms with van der Waals surface area (Å²) < 4.78 is 5.58. The minimum absolute atomic E-state index is 0.197. The van der Waals surface area contributed by atoms with Crippen molar-refractivity contribution >= 4 is 22.0 Å². The fourth-order valence-corrected chi connectivity index (χ4v) is 1.82. The SMILES string of the molecule is CCc1nc2c(=O)[nH]c3ccccc3c2o1. The summed E-state index contributed by atoms with van der Waals surface area (Å²) in [7, 11) is 0. The van der Waals surface area contributed by atoms with E-state index in [1.165, 1.54) is 0 Å². The third kappa shape index (κ3) is 1.16. The van der Waals surface area contributed by atoms with Crippen molar-refractivity contribution < 1.29 is 4.42 Å². The second kappa shape index (κ2) is 3.20. The van der Waals surface area contributed by atoms with Crippen molar-refractivity contribution in [1.82, 2.24) is 9.97 Å². The molecule has 0 aliphatic carbocycles. The Bertz CT molecular complexity index is 725. The minimum atomic E-state index is -0.197. The summed E-state index contributed by atoms with van der Waals surface area (Å²) in [6.07, 6.45) is 0.683. The Kier molecular flexibility index (Phi) is 1.83. The molecule has 2 aromatic heterocycles. The lowest BCUT2D eigenvalue weighted by atomic mass is 10.2. The van der Waals surface area contributed by atoms with E-state index in [9.17, 15) is 4.79 Å². The van der Waals surface area contributed by atoms with E-state index in [2.05, 4.69) is 9.97 Å². The van der Waals surface area contributed by atoms with Crippen LogP contribution < -0.4 is 5.56 Å². The fraction of sp³-hybridized carbons (Fsp3) is 0.167. The molecule has 0 radical (unpaired) electrons. The molecule has 2 heterocycles. The van der Waals surface area contributed by atoms with Gasteiger partial charge in [-0.15, -0.1) is 0 Å². The third-order valence-electron chi connectivity index (χ3n) is 2.61. The molecule has 0 aliphatic heterocycles. The van der Waals surface area contributed by atoms with Gasteiger partial charge in [0.15, 0.2) is 17.0 Å². The summed E-state index contributed by atoms with van der Waals surface area (Å²) in [4.78, 5) is 18.7. The van der Waals surface area contributed by atoms with E-state index in [-0.39, 0.29) is 5.56 Å². The van der Waals surface area contributed by atoms with Crippen molar-refractivity contribution in [2.75, 3.05) is 0 Å². The lowest BCUT2D eigenvalue weighted by Crippen LogP contribution is -2.05. The van der Waals surface area contributed by atoms with Crippen molar-refractivity contribution in [3.05, 3.63) is 40.5 Å². The molecule has 1 N–H and O–H groups in total. The molecule has 16 heavy (non-hydrogen) atoms. The average molecular weight is 214 g/mol. The second-order valence-corrected chi connectivity index (χ2v) is 3.64. The number of hydrogen-bond donors (Lipinski definition) is 1. The molecule has 0 atom stereocenters. The van der Waals surface area contributed by atoms with Gasteiger partial charge in [0.2, 0.25) is 0 Å². The van der Waals surface area contributed by atoms with Crippen LogP contribution >= 0.6 is 0 Å². The molecule has 0 bridgehead atoms. The van der Waals surface area contributed by atoms with Gasteiger partial charge in [-0.1, -0.05) is 19.1 Å². The number of nitrogens with one attached hydrogen (secondary N) is 1. The Morgan fingerprint density at radius 1 is 1.38 bits per heavy atom. The number of nitrogens with zero attached hydrogens (tertiary/aromatic N) is 1. The van der Waals surface area contributed by atoms with E-state index in [0.717, 1.165) is 10.9 Å². The Balaban J connectivity index is 2.57. The first-order valence-corrected chi connectivity index (χ1v) is 5.20. The first-order chi connectivity index (χ1) is 7.79. The smallest absolute Gasteiger partial charge is 0.278 e. The molecule has 3 rings (SSSR count).